The van der Waals surface area contributed by atoms with Gasteiger partial charge in [0.05, 0.1) is 12.4 Å². The van der Waals surface area contributed by atoms with E-state index in [2.05, 4.69) is 33.7 Å². The molecule has 0 aromatic carbocycles. The van der Waals surface area contributed by atoms with Crippen molar-refractivity contribution in [1.29, 1.82) is 0 Å². The van der Waals surface area contributed by atoms with Crippen LogP contribution in [0.1, 0.15) is 37.4 Å². The highest BCUT2D eigenvalue weighted by Crippen LogP contribution is 2.38. The maximum atomic E-state index is 10.1. The van der Waals surface area contributed by atoms with Gasteiger partial charge in [0.15, 0.2) is 11.5 Å². The summed E-state index contributed by atoms with van der Waals surface area (Å²) >= 11 is 1.45. The highest BCUT2D eigenvalue weighted by molar-refractivity contribution is 7.99. The first-order valence-corrected chi connectivity index (χ1v) is 8.63. The maximum absolute atomic E-state index is 10.1. The molecule has 0 saturated carbocycles. The van der Waals surface area contributed by atoms with Crippen LogP contribution >= 0.6 is 11.8 Å². The molecule has 0 aliphatic carbocycles. The molecule has 3 rings (SSSR count). The lowest BCUT2D eigenvalue weighted by molar-refractivity contribution is 0.0313. The molecular formula is C15H19N5O2S. The number of rotatable bonds is 3. The van der Waals surface area contributed by atoms with Crippen molar-refractivity contribution in [3.05, 3.63) is 12.2 Å². The number of aliphatic hydroxyl groups is 2. The summed E-state index contributed by atoms with van der Waals surface area (Å²) in [6.07, 6.45) is 2.86. The Balaban J connectivity index is 1.97. The lowest BCUT2D eigenvalue weighted by Gasteiger charge is -2.17. The Hall–Kier alpha value is -1.82. The van der Waals surface area contributed by atoms with Crippen LogP contribution in [0, 0.1) is 11.8 Å². The molecule has 2 aromatic rings. The summed E-state index contributed by atoms with van der Waals surface area (Å²) in [4.78, 5) is 12.8. The zero-order valence-electron chi connectivity index (χ0n) is 12.8. The van der Waals surface area contributed by atoms with E-state index in [0.29, 0.717) is 22.7 Å². The van der Waals surface area contributed by atoms with E-state index < -0.39 is 12.2 Å². The zero-order valence-corrected chi connectivity index (χ0v) is 13.6. The van der Waals surface area contributed by atoms with Gasteiger partial charge in [-0.1, -0.05) is 19.3 Å². The van der Waals surface area contributed by atoms with Crippen LogP contribution in [0.25, 0.3) is 11.2 Å². The van der Waals surface area contributed by atoms with E-state index in [1.165, 1.54) is 11.8 Å². The molecule has 2 aromatic heterocycles. The number of nitrogen functional groups attached to an aromatic ring is 1. The molecule has 8 heteroatoms. The number of imidazole rings is 1. The third kappa shape index (κ3) is 3.13. The van der Waals surface area contributed by atoms with Crippen LogP contribution < -0.4 is 5.73 Å². The second kappa shape index (κ2) is 6.74. The third-order valence-electron chi connectivity index (χ3n) is 3.70. The molecule has 0 spiro atoms. The Labute approximate surface area is 138 Å². The van der Waals surface area contributed by atoms with Gasteiger partial charge in [-0.05, 0) is 12.3 Å². The van der Waals surface area contributed by atoms with E-state index in [1.54, 1.807) is 10.9 Å². The molecule has 0 bridgehead atoms. The van der Waals surface area contributed by atoms with Gasteiger partial charge in [-0.3, -0.25) is 4.57 Å². The lowest BCUT2D eigenvalue weighted by atomic mass is 10.2. The van der Waals surface area contributed by atoms with Crippen molar-refractivity contribution in [2.75, 3.05) is 11.5 Å². The summed E-state index contributed by atoms with van der Waals surface area (Å²) in [6.45, 7) is 2.11. The summed E-state index contributed by atoms with van der Waals surface area (Å²) in [5.74, 6) is 7.06. The predicted molar refractivity (Wildman–Crippen MR) is 89.6 cm³/mol. The van der Waals surface area contributed by atoms with Crippen molar-refractivity contribution < 1.29 is 10.2 Å². The quantitative estimate of drug-likeness (QED) is 0.566. The Morgan fingerprint density at radius 3 is 2.96 bits per heavy atom. The molecule has 1 fully saturated rings. The van der Waals surface area contributed by atoms with Crippen LogP contribution in [-0.2, 0) is 0 Å². The fourth-order valence-corrected chi connectivity index (χ4v) is 3.70. The van der Waals surface area contributed by atoms with Crippen LogP contribution in [-0.4, -0.2) is 47.7 Å². The van der Waals surface area contributed by atoms with Gasteiger partial charge in [0.25, 0.3) is 0 Å². The van der Waals surface area contributed by atoms with Crippen LogP contribution in [0.4, 0.5) is 5.82 Å². The largest absolute Gasteiger partial charge is 0.389 e. The van der Waals surface area contributed by atoms with E-state index in [-0.39, 0.29) is 11.2 Å². The highest BCUT2D eigenvalue weighted by atomic mass is 32.2. The number of thioether (sulfide) groups is 1. The van der Waals surface area contributed by atoms with E-state index in [9.17, 15) is 10.2 Å². The van der Waals surface area contributed by atoms with Crippen LogP contribution in [0.2, 0.25) is 0 Å². The van der Waals surface area contributed by atoms with Crippen molar-refractivity contribution in [3.8, 4) is 11.8 Å². The average Bonchev–Trinajstić information content (AvgIpc) is 3.09. The first kappa shape index (κ1) is 16.1. The molecule has 1 aliphatic heterocycles. The van der Waals surface area contributed by atoms with Crippen LogP contribution in [0.5, 0.6) is 0 Å². The number of aliphatic hydroxyl groups excluding tert-OH is 2. The normalized spacial score (nSPS) is 23.9. The number of hydrogen-bond donors (Lipinski definition) is 3. The first-order chi connectivity index (χ1) is 11.1. The minimum Gasteiger partial charge on any atom is -0.389 e. The van der Waals surface area contributed by atoms with Crippen LogP contribution in [0.3, 0.4) is 0 Å². The number of nitrogens with two attached hydrogens (primary N) is 1. The van der Waals surface area contributed by atoms with Gasteiger partial charge in [-0.25, -0.2) is 15.0 Å². The summed E-state index contributed by atoms with van der Waals surface area (Å²) in [6, 6.07) is 0. The molecule has 1 saturated heterocycles. The average molecular weight is 333 g/mol. The van der Waals surface area contributed by atoms with Crippen molar-refractivity contribution in [2.24, 2.45) is 0 Å². The summed E-state index contributed by atoms with van der Waals surface area (Å²) in [5.41, 5.74) is 6.96. The van der Waals surface area contributed by atoms with Gasteiger partial charge in [-0.2, -0.15) is 0 Å². The van der Waals surface area contributed by atoms with Gasteiger partial charge in [0, 0.05) is 12.2 Å². The minimum atomic E-state index is -0.868. The molecule has 1 aliphatic rings. The number of unbranched alkanes of at least 4 members (excludes halogenated alkanes) is 2. The minimum absolute atomic E-state index is 0.270. The highest BCUT2D eigenvalue weighted by Gasteiger charge is 2.36. The van der Waals surface area contributed by atoms with Crippen molar-refractivity contribution >= 4 is 28.7 Å². The standard InChI is InChI=1S/C15H19N5O2S/c1-2-3-4-5-6-10-18-13(16)11-14(19-10)20(8-17-11)15-12(22)9(21)7-23-15/h8-9,12,15,21-22H,2-4,7H2,1H3,(H2,16,18,19)/t9-,12-,15+/m0/s1. The molecule has 23 heavy (non-hydrogen) atoms. The Kier molecular flexibility index (Phi) is 4.71. The zero-order chi connectivity index (χ0) is 16.4. The topological polar surface area (TPSA) is 110 Å². The number of anilines is 1. The predicted octanol–water partition coefficient (Wildman–Crippen LogP) is 0.917. The van der Waals surface area contributed by atoms with Crippen LogP contribution in [0.15, 0.2) is 6.33 Å². The number of nitrogens with zero attached hydrogens (tertiary/aromatic N) is 4. The van der Waals surface area contributed by atoms with E-state index >= 15 is 0 Å². The second-order valence-corrected chi connectivity index (χ2v) is 6.59. The van der Waals surface area contributed by atoms with Gasteiger partial charge < -0.3 is 15.9 Å². The number of fused-ring (bicyclic) bond motifs is 1. The molecular weight excluding hydrogens is 314 g/mol. The summed E-state index contributed by atoms with van der Waals surface area (Å²) in [5, 5.41) is 19.5. The molecule has 122 valence electrons. The Morgan fingerprint density at radius 1 is 1.43 bits per heavy atom. The van der Waals surface area contributed by atoms with Crippen molar-refractivity contribution in [1.82, 2.24) is 19.5 Å². The van der Waals surface area contributed by atoms with Gasteiger partial charge >= 0.3 is 0 Å². The van der Waals surface area contributed by atoms with E-state index in [1.807, 2.05) is 0 Å². The number of hydrogen-bond acceptors (Lipinski definition) is 7. The van der Waals surface area contributed by atoms with Gasteiger partial charge in [0.2, 0.25) is 5.82 Å². The second-order valence-electron chi connectivity index (χ2n) is 5.44. The Bertz CT molecular complexity index is 766. The third-order valence-corrected chi connectivity index (χ3v) is 5.08. The number of aromatic nitrogens is 4. The molecule has 7 nitrogen and oxygen atoms in total. The molecule has 0 amide bonds. The molecule has 0 radical (unpaired) electrons. The molecule has 4 N–H and O–H groups in total. The lowest BCUT2D eigenvalue weighted by Crippen LogP contribution is -2.27. The smallest absolute Gasteiger partial charge is 0.208 e. The first-order valence-electron chi connectivity index (χ1n) is 7.58. The van der Waals surface area contributed by atoms with Gasteiger partial charge in [0.1, 0.15) is 17.0 Å². The SMILES string of the molecule is CCCCC#Cc1nc(N)c2ncn([C@@H]3SC[C@H](O)[C@@H]3O)c2n1. The van der Waals surface area contributed by atoms with Gasteiger partial charge in [-0.15, -0.1) is 11.8 Å². The molecule has 3 atom stereocenters. The summed E-state index contributed by atoms with van der Waals surface area (Å²) in [7, 11) is 0. The molecule has 0 unspecified atom stereocenters. The van der Waals surface area contributed by atoms with E-state index in [4.69, 9.17) is 5.73 Å². The van der Waals surface area contributed by atoms with Crippen molar-refractivity contribution in [3.63, 3.8) is 0 Å². The van der Waals surface area contributed by atoms with Crippen molar-refractivity contribution in [2.45, 2.75) is 43.8 Å². The monoisotopic (exact) mass is 333 g/mol. The maximum Gasteiger partial charge on any atom is 0.208 e. The summed E-state index contributed by atoms with van der Waals surface area (Å²) < 4.78 is 1.73. The fourth-order valence-electron chi connectivity index (χ4n) is 2.42. The van der Waals surface area contributed by atoms with E-state index in [0.717, 1.165) is 19.3 Å². The Morgan fingerprint density at radius 2 is 2.26 bits per heavy atom. The fraction of sp³-hybridized carbons (Fsp3) is 0.533. The molecule has 3 heterocycles.